The topological polar surface area (TPSA) is 23.8 Å². The molecule has 0 N–H and O–H groups in total. The Bertz CT molecular complexity index is 632. The third kappa shape index (κ3) is 2.48. The highest BCUT2D eigenvalue weighted by Gasteiger charge is 2.12. The van der Waals surface area contributed by atoms with Crippen molar-refractivity contribution in [3.63, 3.8) is 0 Å². The molecule has 0 fully saturated rings. The minimum atomic E-state index is -0.414. The lowest BCUT2D eigenvalue weighted by atomic mass is 10.0. The van der Waals surface area contributed by atoms with E-state index in [0.717, 1.165) is 0 Å². The molecule has 0 aliphatic rings. The van der Waals surface area contributed by atoms with Crippen molar-refractivity contribution in [2.24, 2.45) is 0 Å². The Morgan fingerprint density at radius 1 is 1.11 bits per heavy atom. The van der Waals surface area contributed by atoms with Crippen LogP contribution in [0.25, 0.3) is 11.1 Å². The van der Waals surface area contributed by atoms with Crippen LogP contribution in [-0.4, -0.2) is 0 Å². The second-order valence-corrected chi connectivity index (χ2v) is 4.58. The Hall–Kier alpha value is -1.56. The first-order valence-electron chi connectivity index (χ1n) is 5.23. The molecule has 0 bridgehead atoms. The van der Waals surface area contributed by atoms with Gasteiger partial charge in [-0.1, -0.05) is 47.5 Å². The maximum absolute atomic E-state index is 14.2. The summed E-state index contributed by atoms with van der Waals surface area (Å²) in [4.78, 5) is 0. The van der Waals surface area contributed by atoms with Gasteiger partial charge in [-0.25, -0.2) is 4.39 Å². The van der Waals surface area contributed by atoms with E-state index in [1.54, 1.807) is 36.4 Å². The normalized spacial score (nSPS) is 10.1. The average molecular weight is 280 g/mol. The van der Waals surface area contributed by atoms with Crippen molar-refractivity contribution < 1.29 is 4.39 Å². The van der Waals surface area contributed by atoms with Crippen molar-refractivity contribution in [2.75, 3.05) is 0 Å². The second kappa shape index (κ2) is 5.39. The van der Waals surface area contributed by atoms with Crippen molar-refractivity contribution in [1.82, 2.24) is 0 Å². The summed E-state index contributed by atoms with van der Waals surface area (Å²) in [6.07, 6.45) is 0.0326. The third-order valence-corrected chi connectivity index (χ3v) is 3.12. The summed E-state index contributed by atoms with van der Waals surface area (Å²) in [5, 5.41) is 9.52. The largest absolute Gasteiger partial charge is 0.206 e. The van der Waals surface area contributed by atoms with E-state index in [1.807, 2.05) is 6.07 Å². The molecule has 4 heteroatoms. The van der Waals surface area contributed by atoms with E-state index in [4.69, 9.17) is 28.5 Å². The molecule has 0 heterocycles. The molecule has 1 nitrogen and oxygen atoms in total. The Labute approximate surface area is 114 Å². The van der Waals surface area contributed by atoms with E-state index in [9.17, 15) is 4.39 Å². The predicted octanol–water partition coefficient (Wildman–Crippen LogP) is 4.87. The van der Waals surface area contributed by atoms with Crippen LogP contribution in [0, 0.1) is 17.1 Å². The van der Waals surface area contributed by atoms with Gasteiger partial charge in [0.05, 0.1) is 12.5 Å². The van der Waals surface area contributed by atoms with E-state index in [-0.39, 0.29) is 6.42 Å². The molecule has 0 radical (unpaired) electrons. The summed E-state index contributed by atoms with van der Waals surface area (Å²) in [6, 6.07) is 11.7. The monoisotopic (exact) mass is 279 g/mol. The van der Waals surface area contributed by atoms with Gasteiger partial charge in [-0.15, -0.1) is 0 Å². The van der Waals surface area contributed by atoms with Crippen molar-refractivity contribution in [3.8, 4) is 17.2 Å². The Balaban J connectivity index is 2.58. The molecule has 90 valence electrons. The molecule has 0 saturated heterocycles. The van der Waals surface area contributed by atoms with Crippen LogP contribution in [0.2, 0.25) is 10.0 Å². The van der Waals surface area contributed by atoms with Gasteiger partial charge in [-0.05, 0) is 12.1 Å². The highest BCUT2D eigenvalue weighted by atomic mass is 35.5. The molecule has 2 aromatic rings. The van der Waals surface area contributed by atoms with Crippen LogP contribution in [0.4, 0.5) is 4.39 Å². The summed E-state index contributed by atoms with van der Waals surface area (Å²) in [6.45, 7) is 0. The van der Waals surface area contributed by atoms with Crippen LogP contribution in [0.1, 0.15) is 5.56 Å². The molecule has 0 spiro atoms. The molecule has 0 atom stereocenters. The van der Waals surface area contributed by atoms with Gasteiger partial charge in [-0.2, -0.15) is 5.26 Å². The zero-order valence-corrected chi connectivity index (χ0v) is 10.8. The first-order chi connectivity index (χ1) is 8.63. The SMILES string of the molecule is N#CCc1cccc(-c2ccc(Cl)cc2Cl)c1F. The summed E-state index contributed by atoms with van der Waals surface area (Å²) < 4.78 is 14.2. The fourth-order valence-electron chi connectivity index (χ4n) is 1.72. The van der Waals surface area contributed by atoms with Crippen LogP contribution in [-0.2, 0) is 6.42 Å². The quantitative estimate of drug-likeness (QED) is 0.770. The fraction of sp³-hybridized carbons (Fsp3) is 0.0714. The molecular formula is C14H8Cl2FN. The Morgan fingerprint density at radius 3 is 2.56 bits per heavy atom. The van der Waals surface area contributed by atoms with E-state index in [0.29, 0.717) is 26.7 Å². The van der Waals surface area contributed by atoms with E-state index in [1.165, 1.54) is 0 Å². The number of halogens is 3. The van der Waals surface area contributed by atoms with E-state index < -0.39 is 5.82 Å². The van der Waals surface area contributed by atoms with Gasteiger partial charge in [-0.3, -0.25) is 0 Å². The van der Waals surface area contributed by atoms with Gasteiger partial charge >= 0.3 is 0 Å². The number of hydrogen-bond acceptors (Lipinski definition) is 1. The average Bonchev–Trinajstić information content (AvgIpc) is 2.33. The minimum absolute atomic E-state index is 0.0326. The summed E-state index contributed by atoms with van der Waals surface area (Å²) in [5.74, 6) is -0.414. The molecule has 2 aromatic carbocycles. The van der Waals surface area contributed by atoms with Crippen LogP contribution in [0.15, 0.2) is 36.4 Å². The van der Waals surface area contributed by atoms with Crippen molar-refractivity contribution in [1.29, 1.82) is 5.26 Å². The smallest absolute Gasteiger partial charge is 0.135 e. The summed E-state index contributed by atoms with van der Waals surface area (Å²) >= 11 is 11.9. The third-order valence-electron chi connectivity index (χ3n) is 2.57. The standard InChI is InChI=1S/C14H8Cl2FN/c15-10-4-5-11(13(16)8-10)12-3-1-2-9(6-7-18)14(12)17/h1-5,8H,6H2. The van der Waals surface area contributed by atoms with Gasteiger partial charge in [0, 0.05) is 26.7 Å². The Kier molecular flexibility index (Phi) is 3.86. The predicted molar refractivity (Wildman–Crippen MR) is 71.2 cm³/mol. The molecule has 0 aromatic heterocycles. The molecule has 0 amide bonds. The van der Waals surface area contributed by atoms with Crippen molar-refractivity contribution >= 4 is 23.2 Å². The van der Waals surface area contributed by atoms with E-state index >= 15 is 0 Å². The lowest BCUT2D eigenvalue weighted by molar-refractivity contribution is 0.619. The van der Waals surface area contributed by atoms with E-state index in [2.05, 4.69) is 0 Å². The lowest BCUT2D eigenvalue weighted by Crippen LogP contribution is -1.93. The lowest BCUT2D eigenvalue weighted by Gasteiger charge is -2.08. The first kappa shape index (κ1) is 12.9. The summed E-state index contributed by atoms with van der Waals surface area (Å²) in [5.41, 5.74) is 1.31. The molecule has 18 heavy (non-hydrogen) atoms. The second-order valence-electron chi connectivity index (χ2n) is 3.74. The van der Waals surface area contributed by atoms with Crippen LogP contribution in [0.5, 0.6) is 0 Å². The van der Waals surface area contributed by atoms with Crippen molar-refractivity contribution in [2.45, 2.75) is 6.42 Å². The molecule has 2 rings (SSSR count). The van der Waals surface area contributed by atoms with Gasteiger partial charge in [0.25, 0.3) is 0 Å². The number of nitriles is 1. The maximum Gasteiger partial charge on any atom is 0.135 e. The van der Waals surface area contributed by atoms with Gasteiger partial charge in [0.15, 0.2) is 0 Å². The highest BCUT2D eigenvalue weighted by Crippen LogP contribution is 2.32. The fourth-order valence-corrected chi connectivity index (χ4v) is 2.23. The first-order valence-corrected chi connectivity index (χ1v) is 5.99. The van der Waals surface area contributed by atoms with Gasteiger partial charge in [0.2, 0.25) is 0 Å². The highest BCUT2D eigenvalue weighted by molar-refractivity contribution is 6.36. The number of benzene rings is 2. The van der Waals surface area contributed by atoms with Crippen molar-refractivity contribution in [3.05, 3.63) is 57.8 Å². The van der Waals surface area contributed by atoms with Crippen LogP contribution < -0.4 is 0 Å². The zero-order valence-electron chi connectivity index (χ0n) is 9.25. The molecule has 0 saturated carbocycles. The van der Waals surface area contributed by atoms with Gasteiger partial charge < -0.3 is 0 Å². The van der Waals surface area contributed by atoms with Crippen LogP contribution >= 0.6 is 23.2 Å². The molecule has 0 aliphatic heterocycles. The molecule has 0 unspecified atom stereocenters. The molecule has 0 aliphatic carbocycles. The number of hydrogen-bond donors (Lipinski definition) is 0. The Morgan fingerprint density at radius 2 is 1.89 bits per heavy atom. The summed E-state index contributed by atoms with van der Waals surface area (Å²) in [7, 11) is 0. The number of rotatable bonds is 2. The minimum Gasteiger partial charge on any atom is -0.206 e. The van der Waals surface area contributed by atoms with Crippen LogP contribution in [0.3, 0.4) is 0 Å². The molecular weight excluding hydrogens is 272 g/mol. The zero-order chi connectivity index (χ0) is 13.1. The maximum atomic E-state index is 14.2. The van der Waals surface area contributed by atoms with Gasteiger partial charge in [0.1, 0.15) is 5.82 Å². The number of nitrogens with zero attached hydrogens (tertiary/aromatic N) is 1.